The average molecular weight is 351 g/mol. The summed E-state index contributed by atoms with van der Waals surface area (Å²) in [4.78, 5) is 21.6. The second-order valence-corrected chi connectivity index (χ2v) is 6.06. The van der Waals surface area contributed by atoms with E-state index in [0.29, 0.717) is 23.2 Å². The molecule has 2 heterocycles. The summed E-state index contributed by atoms with van der Waals surface area (Å²) in [6.45, 7) is 5.90. The highest BCUT2D eigenvalue weighted by atomic mass is 16.5. The monoisotopic (exact) mass is 351 g/mol. The number of aromatic nitrogens is 3. The van der Waals surface area contributed by atoms with Crippen LogP contribution in [0, 0.1) is 6.92 Å². The van der Waals surface area contributed by atoms with Crippen LogP contribution in [-0.4, -0.2) is 27.1 Å². The van der Waals surface area contributed by atoms with Gasteiger partial charge in [-0.05, 0) is 20.3 Å². The summed E-state index contributed by atoms with van der Waals surface area (Å²) in [5.41, 5.74) is 1.09. The summed E-state index contributed by atoms with van der Waals surface area (Å²) in [5.74, 6) is 1.69. The molecular weight excluding hydrogens is 330 g/mol. The van der Waals surface area contributed by atoms with Gasteiger partial charge in [0.15, 0.2) is 11.6 Å². The molecule has 3 aromatic rings. The third-order valence-corrected chi connectivity index (χ3v) is 3.87. The van der Waals surface area contributed by atoms with E-state index in [4.69, 9.17) is 4.52 Å². The third kappa shape index (κ3) is 4.24. The summed E-state index contributed by atoms with van der Waals surface area (Å²) >= 11 is 0. The molecule has 1 aromatic carbocycles. The zero-order valence-corrected chi connectivity index (χ0v) is 15.0. The minimum absolute atomic E-state index is 0.225. The van der Waals surface area contributed by atoms with Gasteiger partial charge in [-0.1, -0.05) is 42.4 Å². The molecule has 1 amide bonds. The number of carbonyl (C=O) groups excluding carboxylic acids is 1. The number of rotatable bonds is 6. The van der Waals surface area contributed by atoms with E-state index in [9.17, 15) is 4.79 Å². The summed E-state index contributed by atoms with van der Waals surface area (Å²) < 4.78 is 4.98. The molecule has 0 saturated heterocycles. The molecule has 0 aliphatic rings. The number of nitrogens with zero attached hydrogens (tertiary/aromatic N) is 3. The molecule has 0 aliphatic heterocycles. The van der Waals surface area contributed by atoms with Crippen molar-refractivity contribution in [2.24, 2.45) is 0 Å². The fraction of sp³-hybridized carbons (Fsp3) is 0.263. The fourth-order valence-corrected chi connectivity index (χ4v) is 2.31. The maximum Gasteiger partial charge on any atom is 0.275 e. The highest BCUT2D eigenvalue weighted by Gasteiger charge is 2.15. The second-order valence-electron chi connectivity index (χ2n) is 6.06. The lowest BCUT2D eigenvalue weighted by atomic mass is 10.2. The molecule has 0 radical (unpaired) electrons. The van der Waals surface area contributed by atoms with E-state index in [-0.39, 0.29) is 17.6 Å². The molecule has 1 unspecified atom stereocenters. The van der Waals surface area contributed by atoms with Gasteiger partial charge in [-0.25, -0.2) is 9.97 Å². The van der Waals surface area contributed by atoms with Gasteiger partial charge in [0.05, 0.1) is 0 Å². The van der Waals surface area contributed by atoms with Crippen LogP contribution in [0.2, 0.25) is 0 Å². The lowest BCUT2D eigenvalue weighted by molar-refractivity contribution is 0.102. The number of amides is 1. The first kappa shape index (κ1) is 17.6. The Morgan fingerprint density at radius 2 is 1.92 bits per heavy atom. The maximum atomic E-state index is 12.6. The Morgan fingerprint density at radius 1 is 1.15 bits per heavy atom. The normalized spacial score (nSPS) is 11.8. The summed E-state index contributed by atoms with van der Waals surface area (Å²) in [6, 6.07) is 13.1. The Kier molecular flexibility index (Phi) is 5.26. The van der Waals surface area contributed by atoms with Gasteiger partial charge in [0.1, 0.15) is 17.3 Å². The standard InChI is InChI=1S/C19H21N5O2/c1-4-12(2)20-16-11-15(19(25)23-17-10-13(3)26-24-17)21-18(22-16)14-8-6-5-7-9-14/h5-12H,4H2,1-3H3,(H,20,21,22)(H,23,24,25). The third-order valence-electron chi connectivity index (χ3n) is 3.87. The molecular formula is C19H21N5O2. The van der Waals surface area contributed by atoms with Crippen LogP contribution >= 0.6 is 0 Å². The lowest BCUT2D eigenvalue weighted by Crippen LogP contribution is -2.18. The van der Waals surface area contributed by atoms with Gasteiger partial charge in [0.25, 0.3) is 5.91 Å². The van der Waals surface area contributed by atoms with Gasteiger partial charge < -0.3 is 15.2 Å². The molecule has 26 heavy (non-hydrogen) atoms. The molecule has 0 saturated carbocycles. The van der Waals surface area contributed by atoms with Gasteiger partial charge in [-0.15, -0.1) is 0 Å². The van der Waals surface area contributed by atoms with Crippen molar-refractivity contribution in [1.82, 2.24) is 15.1 Å². The molecule has 1 atom stereocenters. The van der Waals surface area contributed by atoms with Crippen LogP contribution in [0.4, 0.5) is 11.6 Å². The first-order valence-corrected chi connectivity index (χ1v) is 8.51. The highest BCUT2D eigenvalue weighted by Crippen LogP contribution is 2.19. The smallest absolute Gasteiger partial charge is 0.275 e. The van der Waals surface area contributed by atoms with Crippen molar-refractivity contribution >= 4 is 17.5 Å². The minimum Gasteiger partial charge on any atom is -0.367 e. The highest BCUT2D eigenvalue weighted by molar-refractivity contribution is 6.03. The van der Waals surface area contributed by atoms with Crippen molar-refractivity contribution in [3.05, 3.63) is 53.9 Å². The number of benzene rings is 1. The average Bonchev–Trinajstić information content (AvgIpc) is 3.06. The Balaban J connectivity index is 1.94. The number of nitrogens with one attached hydrogen (secondary N) is 2. The van der Waals surface area contributed by atoms with Crippen molar-refractivity contribution in [2.45, 2.75) is 33.2 Å². The van der Waals surface area contributed by atoms with Crippen molar-refractivity contribution in [1.29, 1.82) is 0 Å². The van der Waals surface area contributed by atoms with E-state index in [2.05, 4.69) is 39.6 Å². The van der Waals surface area contributed by atoms with Gasteiger partial charge in [-0.2, -0.15) is 0 Å². The van der Waals surface area contributed by atoms with E-state index in [1.165, 1.54) is 0 Å². The zero-order valence-electron chi connectivity index (χ0n) is 15.0. The Hall–Kier alpha value is -3.22. The SMILES string of the molecule is CCC(C)Nc1cc(C(=O)Nc2cc(C)on2)nc(-c2ccccc2)n1. The van der Waals surface area contributed by atoms with E-state index in [1.54, 1.807) is 19.1 Å². The molecule has 7 heteroatoms. The Morgan fingerprint density at radius 3 is 2.58 bits per heavy atom. The van der Waals surface area contributed by atoms with Gasteiger partial charge in [-0.3, -0.25) is 4.79 Å². The van der Waals surface area contributed by atoms with Crippen molar-refractivity contribution in [2.75, 3.05) is 10.6 Å². The zero-order chi connectivity index (χ0) is 18.5. The number of carbonyl (C=O) groups is 1. The summed E-state index contributed by atoms with van der Waals surface area (Å²) in [5, 5.41) is 9.77. The largest absolute Gasteiger partial charge is 0.367 e. The summed E-state index contributed by atoms with van der Waals surface area (Å²) in [6.07, 6.45) is 0.935. The molecule has 3 rings (SSSR count). The van der Waals surface area contributed by atoms with Crippen LogP contribution in [0.15, 0.2) is 47.0 Å². The van der Waals surface area contributed by atoms with Crippen LogP contribution in [0.3, 0.4) is 0 Å². The van der Waals surface area contributed by atoms with Crippen LogP contribution in [-0.2, 0) is 0 Å². The predicted octanol–water partition coefficient (Wildman–Crippen LogP) is 3.90. The molecule has 0 aliphatic carbocycles. The molecule has 7 nitrogen and oxygen atoms in total. The van der Waals surface area contributed by atoms with E-state index in [0.717, 1.165) is 12.0 Å². The van der Waals surface area contributed by atoms with Crippen molar-refractivity contribution in [3.63, 3.8) is 0 Å². The van der Waals surface area contributed by atoms with Crippen LogP contribution in [0.5, 0.6) is 0 Å². The Bertz CT molecular complexity index is 892. The predicted molar refractivity (Wildman–Crippen MR) is 100 cm³/mol. The van der Waals surface area contributed by atoms with Crippen LogP contribution in [0.1, 0.15) is 36.5 Å². The number of aryl methyl sites for hydroxylation is 1. The topological polar surface area (TPSA) is 92.9 Å². The van der Waals surface area contributed by atoms with E-state index >= 15 is 0 Å². The molecule has 2 N–H and O–H groups in total. The van der Waals surface area contributed by atoms with Gasteiger partial charge in [0.2, 0.25) is 0 Å². The fourth-order valence-electron chi connectivity index (χ4n) is 2.31. The van der Waals surface area contributed by atoms with Gasteiger partial charge >= 0.3 is 0 Å². The summed E-state index contributed by atoms with van der Waals surface area (Å²) in [7, 11) is 0. The van der Waals surface area contributed by atoms with E-state index < -0.39 is 0 Å². The van der Waals surface area contributed by atoms with Crippen LogP contribution in [0.25, 0.3) is 11.4 Å². The number of anilines is 2. The van der Waals surface area contributed by atoms with Crippen molar-refractivity contribution < 1.29 is 9.32 Å². The first-order chi connectivity index (χ1) is 12.5. The lowest BCUT2D eigenvalue weighted by Gasteiger charge is -2.14. The molecule has 0 spiro atoms. The van der Waals surface area contributed by atoms with Crippen LogP contribution < -0.4 is 10.6 Å². The molecule has 0 fully saturated rings. The number of hydrogen-bond acceptors (Lipinski definition) is 6. The van der Waals surface area contributed by atoms with Crippen molar-refractivity contribution in [3.8, 4) is 11.4 Å². The molecule has 134 valence electrons. The van der Waals surface area contributed by atoms with E-state index in [1.807, 2.05) is 30.3 Å². The quantitative estimate of drug-likeness (QED) is 0.699. The Labute approximate surface area is 151 Å². The van der Waals surface area contributed by atoms with Gasteiger partial charge in [0, 0.05) is 23.7 Å². The second kappa shape index (κ2) is 7.77. The minimum atomic E-state index is -0.370. The number of hydrogen-bond donors (Lipinski definition) is 2. The maximum absolute atomic E-state index is 12.6. The molecule has 0 bridgehead atoms. The molecule has 2 aromatic heterocycles. The first-order valence-electron chi connectivity index (χ1n) is 8.51.